The molecular weight excluding hydrogens is 380 g/mol. The molecule has 5 heteroatoms. The van der Waals surface area contributed by atoms with Gasteiger partial charge in [0.2, 0.25) is 0 Å². The van der Waals surface area contributed by atoms with Crippen LogP contribution >= 0.6 is 0 Å². The van der Waals surface area contributed by atoms with E-state index >= 15 is 0 Å². The van der Waals surface area contributed by atoms with Gasteiger partial charge in [0.05, 0.1) is 36.2 Å². The average molecular weight is 413 g/mol. The first-order valence-corrected chi connectivity index (χ1v) is 11.3. The van der Waals surface area contributed by atoms with Crippen molar-refractivity contribution in [3.63, 3.8) is 0 Å². The van der Waals surface area contributed by atoms with Crippen molar-refractivity contribution in [1.29, 1.82) is 0 Å². The van der Waals surface area contributed by atoms with E-state index in [1.165, 1.54) is 5.56 Å². The van der Waals surface area contributed by atoms with Crippen LogP contribution in [0.25, 0.3) is 5.57 Å². The molecule has 0 saturated carbocycles. The van der Waals surface area contributed by atoms with Gasteiger partial charge in [-0.05, 0) is 55.2 Å². The van der Waals surface area contributed by atoms with Crippen LogP contribution in [0.3, 0.4) is 0 Å². The predicted molar refractivity (Wildman–Crippen MR) is 114 cm³/mol. The summed E-state index contributed by atoms with van der Waals surface area (Å²) in [7, 11) is 0. The van der Waals surface area contributed by atoms with E-state index in [0.29, 0.717) is 11.3 Å². The molecule has 0 N–H and O–H groups in total. The number of carbonyl (C=O) groups is 2. The quantitative estimate of drug-likeness (QED) is 0.614. The first-order valence-electron chi connectivity index (χ1n) is 11.3. The Bertz CT molecular complexity index is 872. The van der Waals surface area contributed by atoms with Gasteiger partial charge in [-0.3, -0.25) is 4.79 Å². The topological polar surface area (TPSA) is 61.8 Å². The molecule has 0 unspecified atom stereocenters. The van der Waals surface area contributed by atoms with Crippen LogP contribution in [0.4, 0.5) is 4.79 Å². The van der Waals surface area contributed by atoms with Crippen LogP contribution in [-0.2, 0) is 31.8 Å². The van der Waals surface area contributed by atoms with E-state index in [0.717, 1.165) is 42.4 Å². The van der Waals surface area contributed by atoms with E-state index in [1.807, 2.05) is 13.8 Å². The molecule has 1 aliphatic carbocycles. The summed E-state index contributed by atoms with van der Waals surface area (Å²) in [6.45, 7) is 10.5. The number of allylic oxidation sites excluding steroid dienone is 1. The second-order valence-electron chi connectivity index (χ2n) is 9.17. The van der Waals surface area contributed by atoms with Crippen LogP contribution in [0, 0.1) is 24.7 Å². The van der Waals surface area contributed by atoms with Gasteiger partial charge < -0.3 is 14.2 Å². The number of benzene rings is 1. The van der Waals surface area contributed by atoms with Gasteiger partial charge in [-0.25, -0.2) is 4.79 Å². The van der Waals surface area contributed by atoms with Crippen molar-refractivity contribution in [2.75, 3.05) is 6.61 Å². The highest BCUT2D eigenvalue weighted by Gasteiger charge is 2.60. The number of ketones is 1. The second-order valence-corrected chi connectivity index (χ2v) is 9.17. The molecule has 2 fully saturated rings. The van der Waals surface area contributed by atoms with Gasteiger partial charge in [0.25, 0.3) is 0 Å². The van der Waals surface area contributed by atoms with Crippen molar-refractivity contribution >= 4 is 17.5 Å². The van der Waals surface area contributed by atoms with Crippen LogP contribution in [0.15, 0.2) is 17.9 Å². The molecule has 4 atom stereocenters. The molecule has 0 amide bonds. The number of carbonyl (C=O) groups excluding carboxylic acids is 2. The molecule has 2 saturated heterocycles. The van der Waals surface area contributed by atoms with Gasteiger partial charge in [0, 0.05) is 0 Å². The molecule has 2 heterocycles. The predicted octanol–water partition coefficient (Wildman–Crippen LogP) is 5.02. The van der Waals surface area contributed by atoms with Gasteiger partial charge in [-0.2, -0.15) is 0 Å². The van der Waals surface area contributed by atoms with Crippen LogP contribution < -0.4 is 0 Å². The minimum Gasteiger partial charge on any atom is -0.434 e. The summed E-state index contributed by atoms with van der Waals surface area (Å²) in [6.07, 6.45) is 2.55. The second kappa shape index (κ2) is 8.18. The fourth-order valence-electron chi connectivity index (χ4n) is 5.34. The first kappa shape index (κ1) is 21.1. The Hall–Kier alpha value is -2.14. The Kier molecular flexibility index (Phi) is 5.75. The summed E-state index contributed by atoms with van der Waals surface area (Å²) in [5.41, 5.74) is 4.97. The zero-order valence-electron chi connectivity index (χ0n) is 18.6. The highest BCUT2D eigenvalue weighted by molar-refractivity contribution is 6.26. The van der Waals surface area contributed by atoms with E-state index in [-0.39, 0.29) is 42.4 Å². The van der Waals surface area contributed by atoms with Crippen molar-refractivity contribution in [3.05, 3.63) is 40.1 Å². The van der Waals surface area contributed by atoms with Crippen LogP contribution in [0.1, 0.15) is 62.8 Å². The molecule has 0 spiro atoms. The lowest BCUT2D eigenvalue weighted by molar-refractivity contribution is -0.118. The lowest BCUT2D eigenvalue weighted by Crippen LogP contribution is -2.30. The summed E-state index contributed by atoms with van der Waals surface area (Å²) in [5, 5.41) is 0. The molecule has 1 aromatic rings. The Morgan fingerprint density at radius 3 is 2.27 bits per heavy atom. The molecule has 2 aliphatic heterocycles. The van der Waals surface area contributed by atoms with Gasteiger partial charge in [-0.1, -0.05) is 45.4 Å². The van der Waals surface area contributed by atoms with Crippen molar-refractivity contribution in [2.24, 2.45) is 17.8 Å². The number of fused-ring (bicyclic) bond motifs is 5. The Morgan fingerprint density at radius 2 is 1.70 bits per heavy atom. The molecular formula is C25H32O5. The minimum absolute atomic E-state index is 0.0602. The van der Waals surface area contributed by atoms with Crippen molar-refractivity contribution in [2.45, 2.75) is 72.5 Å². The Morgan fingerprint density at radius 1 is 1.10 bits per heavy atom. The third-order valence-electron chi connectivity index (χ3n) is 6.56. The van der Waals surface area contributed by atoms with Crippen LogP contribution in [-0.4, -0.2) is 30.8 Å². The Balaban J connectivity index is 1.82. The summed E-state index contributed by atoms with van der Waals surface area (Å²) >= 11 is 0. The summed E-state index contributed by atoms with van der Waals surface area (Å²) < 4.78 is 17.2. The molecule has 4 rings (SSSR count). The van der Waals surface area contributed by atoms with Crippen molar-refractivity contribution in [3.8, 4) is 0 Å². The van der Waals surface area contributed by atoms with Crippen LogP contribution in [0.2, 0.25) is 0 Å². The fraction of sp³-hybridized carbons (Fsp3) is 0.600. The monoisotopic (exact) mass is 412 g/mol. The van der Waals surface area contributed by atoms with E-state index in [4.69, 9.17) is 14.2 Å². The van der Waals surface area contributed by atoms with E-state index in [9.17, 15) is 9.59 Å². The van der Waals surface area contributed by atoms with E-state index < -0.39 is 6.16 Å². The summed E-state index contributed by atoms with van der Waals surface area (Å²) in [5.74, 6) is 0.313. The third-order valence-corrected chi connectivity index (χ3v) is 6.56. The van der Waals surface area contributed by atoms with E-state index in [1.54, 1.807) is 0 Å². The zero-order chi connectivity index (χ0) is 21.6. The lowest BCUT2D eigenvalue weighted by Gasteiger charge is -2.21. The maximum absolute atomic E-state index is 13.7. The number of rotatable bonds is 6. The number of ether oxygens (including phenoxy) is 3. The van der Waals surface area contributed by atoms with Crippen molar-refractivity contribution in [1.82, 2.24) is 0 Å². The SMILES string of the molecule is CCc1cc(C)cc(CC)c1C1=C(OC(=O)OCC(C)C)[C@H]2[C@@H](C1=O)[C@@H]1CC[C@H]2O1. The Labute approximate surface area is 178 Å². The zero-order valence-corrected chi connectivity index (χ0v) is 18.6. The number of Topliss-reactive ketones (excluding diaryl/α,β-unsaturated/α-hetero) is 1. The van der Waals surface area contributed by atoms with Crippen LogP contribution in [0.5, 0.6) is 0 Å². The molecule has 3 aliphatic rings. The molecule has 2 bridgehead atoms. The van der Waals surface area contributed by atoms with E-state index in [2.05, 4.69) is 32.9 Å². The minimum atomic E-state index is -0.726. The maximum Gasteiger partial charge on any atom is 0.513 e. The number of hydrogen-bond acceptors (Lipinski definition) is 5. The highest BCUT2D eigenvalue weighted by Crippen LogP contribution is 2.55. The first-order chi connectivity index (χ1) is 14.3. The normalized spacial score (nSPS) is 27.2. The van der Waals surface area contributed by atoms with Gasteiger partial charge in [0.1, 0.15) is 5.76 Å². The summed E-state index contributed by atoms with van der Waals surface area (Å²) in [6, 6.07) is 4.28. The van der Waals surface area contributed by atoms with Crippen molar-refractivity contribution < 1.29 is 23.8 Å². The number of aryl methyl sites for hydroxylation is 3. The molecule has 0 aromatic heterocycles. The largest absolute Gasteiger partial charge is 0.513 e. The number of hydrogen-bond donors (Lipinski definition) is 0. The molecule has 1 aromatic carbocycles. The average Bonchev–Trinajstić information content (AvgIpc) is 3.39. The standard InChI is InChI=1S/C25H32O5/c1-6-15-10-14(5)11-16(7-2)19(15)22-23(26)20-17-8-9-18(29-17)21(20)24(22)30-25(27)28-12-13(3)4/h10-11,13,17-18,20-21H,6-9,12H2,1-5H3/t17-,18+,20-,21+/m0/s1. The summed E-state index contributed by atoms with van der Waals surface area (Å²) in [4.78, 5) is 26.2. The molecule has 162 valence electrons. The van der Waals surface area contributed by atoms with Gasteiger partial charge in [0.15, 0.2) is 5.78 Å². The lowest BCUT2D eigenvalue weighted by atomic mass is 9.80. The van der Waals surface area contributed by atoms with Gasteiger partial charge >= 0.3 is 6.16 Å². The molecule has 30 heavy (non-hydrogen) atoms. The molecule has 5 nitrogen and oxygen atoms in total. The highest BCUT2D eigenvalue weighted by atomic mass is 16.7. The maximum atomic E-state index is 13.7. The fourth-order valence-corrected chi connectivity index (χ4v) is 5.34. The van der Waals surface area contributed by atoms with Gasteiger partial charge in [-0.15, -0.1) is 0 Å². The molecule has 0 radical (unpaired) electrons. The smallest absolute Gasteiger partial charge is 0.434 e. The third kappa shape index (κ3) is 3.47.